The topological polar surface area (TPSA) is 92.9 Å². The summed E-state index contributed by atoms with van der Waals surface area (Å²) in [6.45, 7) is 2.28. The van der Waals surface area contributed by atoms with Crippen LogP contribution < -0.4 is 5.32 Å². The summed E-state index contributed by atoms with van der Waals surface area (Å²) < 4.78 is 54.4. The summed E-state index contributed by atoms with van der Waals surface area (Å²) >= 11 is 0. The highest BCUT2D eigenvalue weighted by Gasteiger charge is 2.36. The number of hydrogen-bond acceptors (Lipinski definition) is 8. The van der Waals surface area contributed by atoms with Gasteiger partial charge in [0, 0.05) is 40.3 Å². The Morgan fingerprint density at radius 1 is 1.16 bits per heavy atom. The predicted octanol–water partition coefficient (Wildman–Crippen LogP) is 2.36. The summed E-state index contributed by atoms with van der Waals surface area (Å²) in [5.74, 6) is 0.675. The molecule has 11 heteroatoms. The standard InChI is InChI=1S/C21H29F3N4O4/c1-30-9-7-18-26-19(32-27-18)16-11-15(12-28(13-16)20(29)25-8-10-31-2)14-3-5-17(6-4-14)21(22,23)24/h3-6,15-16,20,25,29H,7-13H2,1-2H3. The fraction of sp³-hybridized carbons (Fsp3) is 0.619. The molecule has 2 heterocycles. The highest BCUT2D eigenvalue weighted by Crippen LogP contribution is 2.37. The molecular weight excluding hydrogens is 429 g/mol. The van der Waals surface area contributed by atoms with Gasteiger partial charge in [-0.05, 0) is 30.0 Å². The maximum Gasteiger partial charge on any atom is 0.416 e. The molecule has 0 amide bonds. The molecule has 0 bridgehead atoms. The minimum Gasteiger partial charge on any atom is -0.384 e. The molecule has 3 rings (SSSR count). The van der Waals surface area contributed by atoms with Crippen LogP contribution in [0.2, 0.25) is 0 Å². The molecule has 3 unspecified atom stereocenters. The number of aliphatic hydroxyl groups excluding tert-OH is 1. The van der Waals surface area contributed by atoms with Crippen molar-refractivity contribution >= 4 is 0 Å². The summed E-state index contributed by atoms with van der Waals surface area (Å²) in [5.41, 5.74) is 0.0716. The Hall–Kier alpha value is -2.05. The van der Waals surface area contributed by atoms with Gasteiger partial charge in [-0.15, -0.1) is 0 Å². The number of ether oxygens (including phenoxy) is 2. The molecule has 0 spiro atoms. The van der Waals surface area contributed by atoms with Crippen LogP contribution in [0.25, 0.3) is 0 Å². The Morgan fingerprint density at radius 2 is 1.84 bits per heavy atom. The minimum absolute atomic E-state index is 0.121. The molecule has 1 aliphatic rings. The number of alkyl halides is 3. The van der Waals surface area contributed by atoms with Crippen LogP contribution in [0.5, 0.6) is 0 Å². The monoisotopic (exact) mass is 458 g/mol. The number of likely N-dealkylation sites (tertiary alicyclic amines) is 1. The normalized spacial score (nSPS) is 21.1. The number of aliphatic hydroxyl groups is 1. The second-order valence-corrected chi connectivity index (χ2v) is 7.82. The number of halogens is 3. The average molecular weight is 458 g/mol. The van der Waals surface area contributed by atoms with E-state index in [4.69, 9.17) is 14.0 Å². The van der Waals surface area contributed by atoms with Gasteiger partial charge in [0.1, 0.15) is 0 Å². The van der Waals surface area contributed by atoms with Crippen molar-refractivity contribution in [3.63, 3.8) is 0 Å². The van der Waals surface area contributed by atoms with Crippen LogP contribution in [0.15, 0.2) is 28.8 Å². The largest absolute Gasteiger partial charge is 0.416 e. The number of hydrogen-bond donors (Lipinski definition) is 2. The van der Waals surface area contributed by atoms with Crippen LogP contribution in [0.1, 0.15) is 41.1 Å². The van der Waals surface area contributed by atoms with E-state index in [0.29, 0.717) is 57.4 Å². The molecule has 0 saturated carbocycles. The van der Waals surface area contributed by atoms with E-state index in [1.54, 1.807) is 14.2 Å². The first-order valence-electron chi connectivity index (χ1n) is 10.4. The third-order valence-corrected chi connectivity index (χ3v) is 5.53. The van der Waals surface area contributed by atoms with E-state index in [0.717, 1.165) is 17.7 Å². The van der Waals surface area contributed by atoms with Crippen molar-refractivity contribution in [1.82, 2.24) is 20.4 Å². The Balaban J connectivity index is 1.78. The number of nitrogens with one attached hydrogen (secondary N) is 1. The van der Waals surface area contributed by atoms with Crippen LogP contribution in [0.4, 0.5) is 13.2 Å². The minimum atomic E-state index is -4.39. The van der Waals surface area contributed by atoms with E-state index in [-0.39, 0.29) is 11.8 Å². The highest BCUT2D eigenvalue weighted by molar-refractivity contribution is 5.28. The Kier molecular flexibility index (Phi) is 8.60. The lowest BCUT2D eigenvalue weighted by molar-refractivity contribution is -0.137. The second-order valence-electron chi connectivity index (χ2n) is 7.82. The summed E-state index contributed by atoms with van der Waals surface area (Å²) in [4.78, 5) is 6.28. The number of aromatic nitrogens is 2. The third kappa shape index (κ3) is 6.48. The van der Waals surface area contributed by atoms with E-state index in [9.17, 15) is 18.3 Å². The molecule has 1 fully saturated rings. The number of benzene rings is 1. The molecule has 178 valence electrons. The van der Waals surface area contributed by atoms with Crippen molar-refractivity contribution in [2.75, 3.05) is 47.1 Å². The van der Waals surface area contributed by atoms with Gasteiger partial charge in [-0.25, -0.2) is 0 Å². The van der Waals surface area contributed by atoms with Crippen LogP contribution >= 0.6 is 0 Å². The molecule has 3 atom stereocenters. The molecule has 0 aliphatic carbocycles. The first-order chi connectivity index (χ1) is 15.3. The first-order valence-corrected chi connectivity index (χ1v) is 10.4. The molecule has 32 heavy (non-hydrogen) atoms. The fourth-order valence-electron chi connectivity index (χ4n) is 3.84. The van der Waals surface area contributed by atoms with Crippen molar-refractivity contribution in [2.24, 2.45) is 0 Å². The molecular formula is C21H29F3N4O4. The predicted molar refractivity (Wildman–Crippen MR) is 109 cm³/mol. The van der Waals surface area contributed by atoms with Crippen LogP contribution in [0, 0.1) is 0 Å². The summed E-state index contributed by atoms with van der Waals surface area (Å²) in [5, 5.41) is 17.6. The maximum absolute atomic E-state index is 13.0. The zero-order valence-electron chi connectivity index (χ0n) is 18.1. The van der Waals surface area contributed by atoms with Crippen molar-refractivity contribution in [1.29, 1.82) is 0 Å². The van der Waals surface area contributed by atoms with Crippen molar-refractivity contribution in [2.45, 2.75) is 37.2 Å². The number of piperidine rings is 1. The summed E-state index contributed by atoms with van der Waals surface area (Å²) in [6.07, 6.45) is -4.21. The van der Waals surface area contributed by atoms with E-state index < -0.39 is 18.1 Å². The second kappa shape index (κ2) is 11.2. The lowest BCUT2D eigenvalue weighted by Gasteiger charge is -2.39. The van der Waals surface area contributed by atoms with Crippen LogP contribution in [0.3, 0.4) is 0 Å². The van der Waals surface area contributed by atoms with Crippen LogP contribution in [-0.2, 0) is 22.1 Å². The van der Waals surface area contributed by atoms with Gasteiger partial charge in [0.25, 0.3) is 0 Å². The van der Waals surface area contributed by atoms with Crippen molar-refractivity contribution in [3.8, 4) is 0 Å². The molecule has 2 N–H and O–H groups in total. The maximum atomic E-state index is 13.0. The molecule has 8 nitrogen and oxygen atoms in total. The lowest BCUT2D eigenvalue weighted by Crippen LogP contribution is -2.52. The Bertz CT molecular complexity index is 831. The molecule has 1 aromatic carbocycles. The van der Waals surface area contributed by atoms with Gasteiger partial charge >= 0.3 is 6.18 Å². The van der Waals surface area contributed by atoms with Gasteiger partial charge < -0.3 is 19.1 Å². The zero-order valence-corrected chi connectivity index (χ0v) is 18.1. The average Bonchev–Trinajstić information content (AvgIpc) is 3.26. The molecule has 1 saturated heterocycles. The van der Waals surface area contributed by atoms with Gasteiger partial charge in [0.15, 0.2) is 12.2 Å². The van der Waals surface area contributed by atoms with E-state index in [1.165, 1.54) is 12.1 Å². The number of methoxy groups -OCH3 is 2. The zero-order chi connectivity index (χ0) is 23.1. The van der Waals surface area contributed by atoms with Crippen molar-refractivity contribution in [3.05, 3.63) is 47.1 Å². The van der Waals surface area contributed by atoms with E-state index >= 15 is 0 Å². The summed E-state index contributed by atoms with van der Waals surface area (Å²) in [7, 11) is 3.16. The molecule has 1 aliphatic heterocycles. The Labute approximate surface area is 184 Å². The quantitative estimate of drug-likeness (QED) is 0.414. The van der Waals surface area contributed by atoms with Gasteiger partial charge in [0.05, 0.1) is 24.7 Å². The van der Waals surface area contributed by atoms with Crippen molar-refractivity contribution < 1.29 is 32.3 Å². The lowest BCUT2D eigenvalue weighted by atomic mass is 9.84. The van der Waals surface area contributed by atoms with Gasteiger partial charge in [-0.3, -0.25) is 10.2 Å². The highest BCUT2D eigenvalue weighted by atomic mass is 19.4. The third-order valence-electron chi connectivity index (χ3n) is 5.53. The first kappa shape index (κ1) is 24.6. The number of nitrogens with zero attached hydrogens (tertiary/aromatic N) is 3. The summed E-state index contributed by atoms with van der Waals surface area (Å²) in [6, 6.07) is 5.17. The SMILES string of the molecule is COCCNC(O)N1CC(c2ccc(C(F)(F)F)cc2)CC(c2nc(CCOC)no2)C1. The molecule has 0 radical (unpaired) electrons. The smallest absolute Gasteiger partial charge is 0.384 e. The van der Waals surface area contributed by atoms with Gasteiger partial charge in [-0.1, -0.05) is 17.3 Å². The molecule has 2 aromatic rings. The van der Waals surface area contributed by atoms with E-state index in [1.807, 2.05) is 4.90 Å². The fourth-order valence-corrected chi connectivity index (χ4v) is 3.84. The van der Waals surface area contributed by atoms with Gasteiger partial charge in [0.2, 0.25) is 5.89 Å². The Morgan fingerprint density at radius 3 is 2.50 bits per heavy atom. The van der Waals surface area contributed by atoms with Gasteiger partial charge in [-0.2, -0.15) is 18.2 Å². The van der Waals surface area contributed by atoms with E-state index in [2.05, 4.69) is 15.5 Å². The molecule has 1 aromatic heterocycles. The number of rotatable bonds is 10. The van der Waals surface area contributed by atoms with Crippen LogP contribution in [-0.4, -0.2) is 73.6 Å².